The normalized spacial score (nSPS) is 10.3. The van der Waals surface area contributed by atoms with E-state index in [4.69, 9.17) is 22.7 Å². The number of benzene rings is 1. The maximum atomic E-state index is 5.54. The van der Waals surface area contributed by atoms with E-state index in [1.165, 1.54) is 0 Å². The van der Waals surface area contributed by atoms with Crippen LogP contribution in [0.15, 0.2) is 30.3 Å². The van der Waals surface area contributed by atoms with E-state index in [1.807, 2.05) is 30.3 Å². The number of methoxy groups -OCH3 is 1. The van der Waals surface area contributed by atoms with Gasteiger partial charge in [-0.25, -0.2) is 4.98 Å². The van der Waals surface area contributed by atoms with Crippen LogP contribution in [0, 0.1) is 0 Å². The molecule has 0 radical (unpaired) electrons. The lowest BCUT2D eigenvalue weighted by Crippen LogP contribution is -2.12. The van der Waals surface area contributed by atoms with Crippen molar-refractivity contribution in [2.75, 3.05) is 7.11 Å². The van der Waals surface area contributed by atoms with E-state index in [0.717, 1.165) is 16.5 Å². The van der Waals surface area contributed by atoms with Gasteiger partial charge in [-0.05, 0) is 12.1 Å². The summed E-state index contributed by atoms with van der Waals surface area (Å²) in [5, 5.41) is 1.06. The summed E-state index contributed by atoms with van der Waals surface area (Å²) in [6.07, 6.45) is 0.510. The quantitative estimate of drug-likeness (QED) is 0.823. The second-order valence-electron chi connectivity index (χ2n) is 3.49. The van der Waals surface area contributed by atoms with Gasteiger partial charge in [-0.2, -0.15) is 0 Å². The summed E-state index contributed by atoms with van der Waals surface area (Å²) in [5.41, 5.74) is 7.37. The SMILES string of the molecule is COc1nc2ccccc2cc1CC(N)=S. The summed E-state index contributed by atoms with van der Waals surface area (Å²) < 4.78 is 5.23. The number of hydrogen-bond acceptors (Lipinski definition) is 3. The predicted molar refractivity (Wildman–Crippen MR) is 68.8 cm³/mol. The monoisotopic (exact) mass is 232 g/mol. The predicted octanol–water partition coefficient (Wildman–Crippen LogP) is 2.07. The summed E-state index contributed by atoms with van der Waals surface area (Å²) in [4.78, 5) is 4.85. The molecular weight excluding hydrogens is 220 g/mol. The molecule has 4 heteroatoms. The van der Waals surface area contributed by atoms with Crippen molar-refractivity contribution in [2.45, 2.75) is 6.42 Å². The highest BCUT2D eigenvalue weighted by molar-refractivity contribution is 7.80. The first-order valence-corrected chi connectivity index (χ1v) is 5.32. The van der Waals surface area contributed by atoms with Crippen molar-refractivity contribution in [3.05, 3.63) is 35.9 Å². The highest BCUT2D eigenvalue weighted by Crippen LogP contribution is 2.22. The topological polar surface area (TPSA) is 48.1 Å². The second kappa shape index (κ2) is 4.45. The number of nitrogens with zero attached hydrogens (tertiary/aromatic N) is 1. The van der Waals surface area contributed by atoms with Crippen LogP contribution in [0.25, 0.3) is 10.9 Å². The molecule has 0 spiro atoms. The molecule has 0 atom stereocenters. The number of hydrogen-bond donors (Lipinski definition) is 1. The minimum absolute atomic E-state index is 0.440. The number of fused-ring (bicyclic) bond motifs is 1. The number of rotatable bonds is 3. The average Bonchev–Trinajstić information content (AvgIpc) is 2.27. The van der Waals surface area contributed by atoms with Crippen molar-refractivity contribution in [2.24, 2.45) is 5.73 Å². The lowest BCUT2D eigenvalue weighted by Gasteiger charge is -2.08. The smallest absolute Gasteiger partial charge is 0.217 e. The Balaban J connectivity index is 2.58. The van der Waals surface area contributed by atoms with Gasteiger partial charge in [0.05, 0.1) is 17.6 Å². The van der Waals surface area contributed by atoms with Gasteiger partial charge in [-0.1, -0.05) is 30.4 Å². The number of para-hydroxylation sites is 1. The van der Waals surface area contributed by atoms with Crippen LogP contribution >= 0.6 is 12.2 Å². The van der Waals surface area contributed by atoms with Crippen LogP contribution in [0.2, 0.25) is 0 Å². The molecule has 0 aliphatic heterocycles. The molecule has 1 aromatic carbocycles. The largest absolute Gasteiger partial charge is 0.481 e. The van der Waals surface area contributed by atoms with Gasteiger partial charge in [-0.15, -0.1) is 0 Å². The van der Waals surface area contributed by atoms with Crippen LogP contribution in [0.4, 0.5) is 0 Å². The first-order chi connectivity index (χ1) is 7.70. The molecule has 0 fully saturated rings. The molecule has 82 valence electrons. The van der Waals surface area contributed by atoms with Crippen LogP contribution in [0.5, 0.6) is 5.88 Å². The molecule has 0 amide bonds. The Morgan fingerprint density at radius 1 is 1.44 bits per heavy atom. The zero-order valence-electron chi connectivity index (χ0n) is 8.93. The van der Waals surface area contributed by atoms with Gasteiger partial charge in [-0.3, -0.25) is 0 Å². The van der Waals surface area contributed by atoms with Gasteiger partial charge in [0.1, 0.15) is 0 Å². The van der Waals surface area contributed by atoms with Crippen molar-refractivity contribution >= 4 is 28.1 Å². The van der Waals surface area contributed by atoms with E-state index < -0.39 is 0 Å². The van der Waals surface area contributed by atoms with Gasteiger partial charge in [0.25, 0.3) is 0 Å². The summed E-state index contributed by atoms with van der Waals surface area (Å²) in [7, 11) is 1.60. The third-order valence-corrected chi connectivity index (χ3v) is 2.47. The minimum atomic E-state index is 0.440. The Bertz CT molecular complexity index is 540. The second-order valence-corrected chi connectivity index (χ2v) is 4.02. The highest BCUT2D eigenvalue weighted by Gasteiger charge is 2.07. The van der Waals surface area contributed by atoms with E-state index in [-0.39, 0.29) is 0 Å². The van der Waals surface area contributed by atoms with Gasteiger partial charge in [0.15, 0.2) is 0 Å². The van der Waals surface area contributed by atoms with E-state index >= 15 is 0 Å². The lowest BCUT2D eigenvalue weighted by molar-refractivity contribution is 0.395. The summed E-state index contributed by atoms with van der Waals surface area (Å²) in [6.45, 7) is 0. The summed E-state index contributed by atoms with van der Waals surface area (Å²) in [5.74, 6) is 0.589. The molecule has 16 heavy (non-hydrogen) atoms. The zero-order chi connectivity index (χ0) is 11.5. The van der Waals surface area contributed by atoms with Crippen LogP contribution in [-0.4, -0.2) is 17.1 Å². The van der Waals surface area contributed by atoms with Crippen molar-refractivity contribution in [3.8, 4) is 5.88 Å². The number of pyridine rings is 1. The van der Waals surface area contributed by atoms with Crippen LogP contribution in [0.1, 0.15) is 5.56 Å². The fourth-order valence-corrected chi connectivity index (χ4v) is 1.79. The van der Waals surface area contributed by atoms with Gasteiger partial charge in [0, 0.05) is 17.4 Å². The maximum Gasteiger partial charge on any atom is 0.217 e. The van der Waals surface area contributed by atoms with Crippen molar-refractivity contribution in [1.29, 1.82) is 0 Å². The van der Waals surface area contributed by atoms with Gasteiger partial charge < -0.3 is 10.5 Å². The Morgan fingerprint density at radius 2 is 2.19 bits per heavy atom. The van der Waals surface area contributed by atoms with Gasteiger partial charge >= 0.3 is 0 Å². The molecule has 2 aromatic rings. The van der Waals surface area contributed by atoms with Crippen molar-refractivity contribution < 1.29 is 4.74 Å². The molecular formula is C12H12N2OS. The number of nitrogens with two attached hydrogens (primary N) is 1. The molecule has 0 saturated heterocycles. The maximum absolute atomic E-state index is 5.54. The fourth-order valence-electron chi connectivity index (χ4n) is 1.63. The molecule has 2 rings (SSSR count). The molecule has 0 aliphatic carbocycles. The van der Waals surface area contributed by atoms with Crippen LogP contribution in [0.3, 0.4) is 0 Å². The average molecular weight is 232 g/mol. The Labute approximate surface area is 99.2 Å². The Hall–Kier alpha value is -1.68. The van der Waals surface area contributed by atoms with Crippen LogP contribution in [-0.2, 0) is 6.42 Å². The fraction of sp³-hybridized carbons (Fsp3) is 0.167. The Kier molecular flexibility index (Phi) is 3.01. The summed E-state index contributed by atoms with van der Waals surface area (Å²) in [6, 6.07) is 9.89. The van der Waals surface area contributed by atoms with Crippen molar-refractivity contribution in [3.63, 3.8) is 0 Å². The molecule has 2 N–H and O–H groups in total. The molecule has 1 heterocycles. The first kappa shape index (κ1) is 10.8. The molecule has 1 aromatic heterocycles. The van der Waals surface area contributed by atoms with E-state index in [2.05, 4.69) is 4.98 Å². The standard InChI is InChI=1S/C12H12N2OS/c1-15-12-9(7-11(13)16)6-8-4-2-3-5-10(8)14-12/h2-6H,7H2,1H3,(H2,13,16). The van der Waals surface area contributed by atoms with Crippen molar-refractivity contribution in [1.82, 2.24) is 4.98 Å². The third kappa shape index (κ3) is 2.12. The Morgan fingerprint density at radius 3 is 2.88 bits per heavy atom. The summed E-state index contributed by atoms with van der Waals surface area (Å²) >= 11 is 4.90. The van der Waals surface area contributed by atoms with Crippen LogP contribution < -0.4 is 10.5 Å². The zero-order valence-corrected chi connectivity index (χ0v) is 9.75. The first-order valence-electron chi connectivity index (χ1n) is 4.91. The lowest BCUT2D eigenvalue weighted by atomic mass is 10.1. The third-order valence-electron chi connectivity index (χ3n) is 2.32. The molecule has 0 bridgehead atoms. The van der Waals surface area contributed by atoms with E-state index in [0.29, 0.717) is 17.3 Å². The minimum Gasteiger partial charge on any atom is -0.481 e. The molecule has 0 aliphatic rings. The van der Waals surface area contributed by atoms with E-state index in [9.17, 15) is 0 Å². The van der Waals surface area contributed by atoms with Gasteiger partial charge in [0.2, 0.25) is 5.88 Å². The molecule has 0 saturated carbocycles. The number of aromatic nitrogens is 1. The van der Waals surface area contributed by atoms with E-state index in [1.54, 1.807) is 7.11 Å². The highest BCUT2D eigenvalue weighted by atomic mass is 32.1. The molecule has 0 unspecified atom stereocenters. The number of thiocarbonyl (C=S) groups is 1. The number of ether oxygens (including phenoxy) is 1. The molecule has 3 nitrogen and oxygen atoms in total.